The topological polar surface area (TPSA) is 108 Å². The molecule has 2 heterocycles. The average molecular weight is 437 g/mol. The molecule has 0 spiro atoms. The minimum absolute atomic E-state index is 0.155. The summed E-state index contributed by atoms with van der Waals surface area (Å²) in [7, 11) is 0. The smallest absolute Gasteiger partial charge is 0.319 e. The quantitative estimate of drug-likeness (QED) is 0.642. The normalized spacial score (nSPS) is 20.5. The van der Waals surface area contributed by atoms with Gasteiger partial charge in [0.05, 0.1) is 19.3 Å². The molecule has 3 fully saturated rings. The number of carbonyl (C=O) groups is 2. The fourth-order valence-electron chi connectivity index (χ4n) is 3.66. The van der Waals surface area contributed by atoms with Crippen molar-refractivity contribution in [1.29, 1.82) is 0 Å². The van der Waals surface area contributed by atoms with Crippen LogP contribution in [-0.2, 0) is 4.74 Å². The van der Waals surface area contributed by atoms with Crippen molar-refractivity contribution >= 4 is 23.4 Å². The highest BCUT2D eigenvalue weighted by Crippen LogP contribution is 2.26. The van der Waals surface area contributed by atoms with Gasteiger partial charge in [0, 0.05) is 35.9 Å². The van der Waals surface area contributed by atoms with Crippen LogP contribution in [0.25, 0.3) is 11.4 Å². The van der Waals surface area contributed by atoms with E-state index >= 15 is 0 Å². The Morgan fingerprint density at radius 2 is 1.75 bits per heavy atom. The van der Waals surface area contributed by atoms with Crippen molar-refractivity contribution < 1.29 is 14.3 Å². The second-order valence-corrected chi connectivity index (χ2v) is 8.75. The van der Waals surface area contributed by atoms with Crippen LogP contribution in [0.3, 0.4) is 0 Å². The summed E-state index contributed by atoms with van der Waals surface area (Å²) < 4.78 is 5.56. The zero-order valence-electron chi connectivity index (χ0n) is 18.1. The Balaban J connectivity index is 1.40. The molecule has 3 N–H and O–H groups in total. The van der Waals surface area contributed by atoms with Crippen LogP contribution >= 0.6 is 0 Å². The van der Waals surface area contributed by atoms with E-state index < -0.39 is 0 Å². The van der Waals surface area contributed by atoms with Crippen molar-refractivity contribution in [1.82, 2.24) is 20.6 Å². The lowest BCUT2D eigenvalue weighted by Gasteiger charge is -2.34. The fourth-order valence-corrected chi connectivity index (χ4v) is 3.66. The Labute approximate surface area is 187 Å². The number of ether oxygens (including phenoxy) is 1. The van der Waals surface area contributed by atoms with Crippen molar-refractivity contribution in [2.45, 2.75) is 50.7 Å². The third-order valence-corrected chi connectivity index (χ3v) is 5.83. The van der Waals surface area contributed by atoms with E-state index in [1.807, 2.05) is 24.3 Å². The highest BCUT2D eigenvalue weighted by atomic mass is 16.5. The minimum atomic E-state index is -0.196. The van der Waals surface area contributed by atoms with Gasteiger partial charge >= 0.3 is 6.03 Å². The molecule has 0 unspecified atom stereocenters. The number of anilines is 2. The summed E-state index contributed by atoms with van der Waals surface area (Å²) in [6, 6.07) is 9.63. The van der Waals surface area contributed by atoms with Crippen LogP contribution in [0.2, 0.25) is 0 Å². The number of hydrogen-bond donors (Lipinski definition) is 3. The lowest BCUT2D eigenvalue weighted by molar-refractivity contribution is 0.0945. The maximum atomic E-state index is 12.8. The van der Waals surface area contributed by atoms with Gasteiger partial charge in [-0.2, -0.15) is 0 Å². The molecule has 2 saturated carbocycles. The standard InChI is InChI=1S/C23H28N6O3/c1-14-13-32-11-10-29(14)20-12-19(22(30)24-16-6-7-16)27-21(28-20)15-2-4-17(5-3-15)25-23(31)26-18-8-9-18/h2-5,12,14,16,18H,6-11,13H2,1H3,(H,24,30)(H2,25,26,31)/t14-/m0/s1. The molecule has 2 aromatic rings. The number of morpholine rings is 1. The number of nitrogens with one attached hydrogen (secondary N) is 3. The van der Waals surface area contributed by atoms with Crippen LogP contribution in [0.15, 0.2) is 30.3 Å². The zero-order valence-corrected chi connectivity index (χ0v) is 18.1. The number of nitrogens with zero attached hydrogens (tertiary/aromatic N) is 3. The Morgan fingerprint density at radius 3 is 2.44 bits per heavy atom. The van der Waals surface area contributed by atoms with Crippen LogP contribution in [0.5, 0.6) is 0 Å². The number of amides is 3. The molecule has 2 aliphatic carbocycles. The molecule has 5 rings (SSSR count). The van der Waals surface area contributed by atoms with E-state index in [1.165, 1.54) is 0 Å². The third kappa shape index (κ3) is 4.99. The highest BCUT2D eigenvalue weighted by molar-refractivity contribution is 5.94. The SMILES string of the molecule is C[C@H]1COCCN1c1cc(C(=O)NC2CC2)nc(-c2ccc(NC(=O)NC3CC3)cc2)n1. The summed E-state index contributed by atoms with van der Waals surface area (Å²) in [4.78, 5) is 36.2. The first-order valence-corrected chi connectivity index (χ1v) is 11.3. The number of benzene rings is 1. The van der Waals surface area contributed by atoms with Crippen molar-refractivity contribution in [3.05, 3.63) is 36.0 Å². The van der Waals surface area contributed by atoms with Crippen molar-refractivity contribution in [2.24, 2.45) is 0 Å². The molecule has 1 aromatic carbocycles. The second-order valence-electron chi connectivity index (χ2n) is 8.75. The number of aromatic nitrogens is 2. The highest BCUT2D eigenvalue weighted by Gasteiger charge is 2.27. The van der Waals surface area contributed by atoms with E-state index in [0.717, 1.165) is 37.1 Å². The number of urea groups is 1. The van der Waals surface area contributed by atoms with Gasteiger partial charge in [0.1, 0.15) is 11.5 Å². The molecular formula is C23H28N6O3. The van der Waals surface area contributed by atoms with E-state index in [0.29, 0.717) is 43.0 Å². The molecule has 0 bridgehead atoms. The van der Waals surface area contributed by atoms with E-state index in [2.05, 4.69) is 32.8 Å². The van der Waals surface area contributed by atoms with Gasteiger partial charge in [-0.1, -0.05) is 0 Å². The van der Waals surface area contributed by atoms with Gasteiger partial charge in [-0.3, -0.25) is 4.79 Å². The van der Waals surface area contributed by atoms with E-state index in [9.17, 15) is 9.59 Å². The maximum Gasteiger partial charge on any atom is 0.319 e. The van der Waals surface area contributed by atoms with Gasteiger partial charge in [-0.15, -0.1) is 0 Å². The Kier molecular flexibility index (Phi) is 5.65. The summed E-state index contributed by atoms with van der Waals surface area (Å²) >= 11 is 0. The molecule has 32 heavy (non-hydrogen) atoms. The van der Waals surface area contributed by atoms with Crippen molar-refractivity contribution in [3.8, 4) is 11.4 Å². The number of carbonyl (C=O) groups excluding carboxylic acids is 2. The monoisotopic (exact) mass is 436 g/mol. The number of hydrogen-bond acceptors (Lipinski definition) is 6. The zero-order chi connectivity index (χ0) is 22.1. The van der Waals surface area contributed by atoms with Crippen LogP contribution in [0.1, 0.15) is 43.1 Å². The molecule has 3 aliphatic rings. The molecule has 168 valence electrons. The van der Waals surface area contributed by atoms with Crippen molar-refractivity contribution in [2.75, 3.05) is 30.0 Å². The van der Waals surface area contributed by atoms with Gasteiger partial charge in [-0.25, -0.2) is 14.8 Å². The third-order valence-electron chi connectivity index (χ3n) is 5.83. The van der Waals surface area contributed by atoms with E-state index in [-0.39, 0.29) is 24.0 Å². The molecule has 1 aliphatic heterocycles. The largest absolute Gasteiger partial charge is 0.377 e. The first-order chi connectivity index (χ1) is 15.5. The summed E-state index contributed by atoms with van der Waals surface area (Å²) in [5.74, 6) is 1.03. The van der Waals surface area contributed by atoms with Gasteiger partial charge in [0.2, 0.25) is 0 Å². The van der Waals surface area contributed by atoms with Gasteiger partial charge < -0.3 is 25.6 Å². The van der Waals surface area contributed by atoms with Crippen LogP contribution in [-0.4, -0.2) is 59.8 Å². The van der Waals surface area contributed by atoms with E-state index in [4.69, 9.17) is 9.72 Å². The average Bonchev–Trinajstić information content (AvgIpc) is 3.72. The van der Waals surface area contributed by atoms with E-state index in [1.54, 1.807) is 6.07 Å². The molecular weight excluding hydrogens is 408 g/mol. The van der Waals surface area contributed by atoms with Gasteiger partial charge in [-0.05, 0) is 56.9 Å². The molecule has 1 saturated heterocycles. The summed E-state index contributed by atoms with van der Waals surface area (Å²) in [6.45, 7) is 4.03. The Morgan fingerprint density at radius 1 is 1.03 bits per heavy atom. The van der Waals surface area contributed by atoms with Crippen LogP contribution in [0.4, 0.5) is 16.3 Å². The van der Waals surface area contributed by atoms with Crippen molar-refractivity contribution in [3.63, 3.8) is 0 Å². The predicted molar refractivity (Wildman–Crippen MR) is 121 cm³/mol. The summed E-state index contributed by atoms with van der Waals surface area (Å²) in [5.41, 5.74) is 1.83. The van der Waals surface area contributed by atoms with Crippen LogP contribution in [0, 0.1) is 0 Å². The molecule has 1 atom stereocenters. The summed E-state index contributed by atoms with van der Waals surface area (Å²) in [5, 5.41) is 8.76. The van der Waals surface area contributed by atoms with Gasteiger partial charge in [0.25, 0.3) is 5.91 Å². The molecule has 9 nitrogen and oxygen atoms in total. The molecule has 0 radical (unpaired) electrons. The fraction of sp³-hybridized carbons (Fsp3) is 0.478. The second kappa shape index (κ2) is 8.74. The molecule has 3 amide bonds. The lowest BCUT2D eigenvalue weighted by Crippen LogP contribution is -2.44. The molecule has 9 heteroatoms. The molecule has 1 aromatic heterocycles. The number of rotatable bonds is 6. The predicted octanol–water partition coefficient (Wildman–Crippen LogP) is 2.54. The Hall–Kier alpha value is -3.20. The maximum absolute atomic E-state index is 12.8. The first-order valence-electron chi connectivity index (χ1n) is 11.3. The lowest BCUT2D eigenvalue weighted by atomic mass is 10.1. The Bertz CT molecular complexity index is 1000. The minimum Gasteiger partial charge on any atom is -0.377 e. The van der Waals surface area contributed by atoms with Gasteiger partial charge in [0.15, 0.2) is 5.82 Å². The summed E-state index contributed by atoms with van der Waals surface area (Å²) in [6.07, 6.45) is 4.11. The van der Waals surface area contributed by atoms with Crippen LogP contribution < -0.4 is 20.9 Å². The first kappa shape index (κ1) is 20.7.